The van der Waals surface area contributed by atoms with Crippen molar-refractivity contribution in [3.05, 3.63) is 23.8 Å². The van der Waals surface area contributed by atoms with Gasteiger partial charge < -0.3 is 24.8 Å². The first-order valence-electron chi connectivity index (χ1n) is 8.29. The molecule has 1 rings (SSSR count). The highest BCUT2D eigenvalue weighted by Gasteiger charge is 2.16. The average molecular weight is 388 g/mol. The van der Waals surface area contributed by atoms with E-state index in [1.807, 2.05) is 6.92 Å². The SMILES string of the molecule is CCCNC(=O)CNC(=O)COC(=O)c1ccc(OC(F)F)c(OCC)c1. The lowest BCUT2D eigenvalue weighted by molar-refractivity contribution is -0.127. The van der Waals surface area contributed by atoms with E-state index in [1.54, 1.807) is 6.92 Å². The van der Waals surface area contributed by atoms with E-state index in [-0.39, 0.29) is 36.1 Å². The maximum absolute atomic E-state index is 12.4. The molecule has 150 valence electrons. The Hall–Kier alpha value is -2.91. The van der Waals surface area contributed by atoms with Gasteiger partial charge >= 0.3 is 12.6 Å². The highest BCUT2D eigenvalue weighted by molar-refractivity contribution is 5.92. The first kappa shape index (κ1) is 22.1. The molecule has 0 saturated carbocycles. The molecule has 10 heteroatoms. The number of nitrogens with one attached hydrogen (secondary N) is 2. The monoisotopic (exact) mass is 388 g/mol. The predicted molar refractivity (Wildman–Crippen MR) is 90.8 cm³/mol. The Labute approximate surface area is 155 Å². The van der Waals surface area contributed by atoms with Gasteiger partial charge in [-0.15, -0.1) is 0 Å². The number of carbonyl (C=O) groups is 3. The molecule has 0 spiro atoms. The lowest BCUT2D eigenvalue weighted by Crippen LogP contribution is -2.38. The van der Waals surface area contributed by atoms with E-state index in [0.29, 0.717) is 6.54 Å². The summed E-state index contributed by atoms with van der Waals surface area (Å²) in [6, 6.07) is 3.53. The fraction of sp³-hybridized carbons (Fsp3) is 0.471. The average Bonchev–Trinajstić information content (AvgIpc) is 2.63. The molecule has 0 aliphatic rings. The quantitative estimate of drug-likeness (QED) is 0.557. The highest BCUT2D eigenvalue weighted by atomic mass is 19.3. The van der Waals surface area contributed by atoms with Crippen molar-refractivity contribution in [1.82, 2.24) is 10.6 Å². The number of hydrogen-bond donors (Lipinski definition) is 2. The normalized spacial score (nSPS) is 10.3. The Kier molecular flexibility index (Phi) is 9.55. The fourth-order valence-corrected chi connectivity index (χ4v) is 1.87. The summed E-state index contributed by atoms with van der Waals surface area (Å²) in [7, 11) is 0. The smallest absolute Gasteiger partial charge is 0.387 e. The third-order valence-corrected chi connectivity index (χ3v) is 3.05. The second-order valence-corrected chi connectivity index (χ2v) is 5.18. The number of rotatable bonds is 11. The number of hydrogen-bond acceptors (Lipinski definition) is 6. The van der Waals surface area contributed by atoms with Gasteiger partial charge in [0.05, 0.1) is 18.7 Å². The summed E-state index contributed by atoms with van der Waals surface area (Å²) in [5.74, 6) is -2.14. The molecular weight excluding hydrogens is 366 g/mol. The van der Waals surface area contributed by atoms with E-state index in [9.17, 15) is 23.2 Å². The fourth-order valence-electron chi connectivity index (χ4n) is 1.87. The number of ether oxygens (including phenoxy) is 3. The maximum atomic E-state index is 12.4. The van der Waals surface area contributed by atoms with Crippen LogP contribution in [-0.2, 0) is 14.3 Å². The van der Waals surface area contributed by atoms with E-state index in [1.165, 1.54) is 12.1 Å². The summed E-state index contributed by atoms with van der Waals surface area (Å²) < 4.78 is 39.0. The van der Waals surface area contributed by atoms with Crippen molar-refractivity contribution in [2.45, 2.75) is 26.9 Å². The Balaban J connectivity index is 2.57. The van der Waals surface area contributed by atoms with Crippen LogP contribution in [0.4, 0.5) is 8.78 Å². The summed E-state index contributed by atoms with van der Waals surface area (Å²) in [5.41, 5.74) is -0.00597. The van der Waals surface area contributed by atoms with E-state index < -0.39 is 25.1 Å². The third kappa shape index (κ3) is 8.34. The Bertz CT molecular complexity index is 654. The van der Waals surface area contributed by atoms with Crippen LogP contribution < -0.4 is 20.1 Å². The van der Waals surface area contributed by atoms with Crippen LogP contribution in [0.25, 0.3) is 0 Å². The molecule has 0 bridgehead atoms. The van der Waals surface area contributed by atoms with Crippen LogP contribution in [0.15, 0.2) is 18.2 Å². The Morgan fingerprint density at radius 2 is 1.81 bits per heavy atom. The molecule has 0 aliphatic heterocycles. The summed E-state index contributed by atoms with van der Waals surface area (Å²) in [4.78, 5) is 35.0. The summed E-state index contributed by atoms with van der Waals surface area (Å²) in [6.07, 6.45) is 0.766. The van der Waals surface area contributed by atoms with Crippen molar-refractivity contribution in [3.63, 3.8) is 0 Å². The molecule has 0 aromatic heterocycles. The molecule has 0 aliphatic carbocycles. The molecule has 0 heterocycles. The van der Waals surface area contributed by atoms with Gasteiger partial charge in [-0.05, 0) is 31.5 Å². The zero-order valence-electron chi connectivity index (χ0n) is 15.1. The molecular formula is C17H22F2N2O6. The minimum Gasteiger partial charge on any atom is -0.490 e. The van der Waals surface area contributed by atoms with Crippen molar-refractivity contribution in [3.8, 4) is 11.5 Å². The van der Waals surface area contributed by atoms with E-state index in [2.05, 4.69) is 15.4 Å². The zero-order chi connectivity index (χ0) is 20.2. The van der Waals surface area contributed by atoms with Gasteiger partial charge in [0.1, 0.15) is 0 Å². The standard InChI is InChI=1S/C17H22F2N2O6/c1-3-7-20-14(22)9-21-15(23)10-26-16(24)11-5-6-12(27-17(18)19)13(8-11)25-4-2/h5-6,8,17H,3-4,7,9-10H2,1-2H3,(H,20,22)(H,21,23). The molecule has 0 radical (unpaired) electrons. The number of amides is 2. The molecule has 2 amide bonds. The van der Waals surface area contributed by atoms with Crippen LogP contribution in [0.1, 0.15) is 30.6 Å². The molecule has 1 aromatic carbocycles. The topological polar surface area (TPSA) is 103 Å². The van der Waals surface area contributed by atoms with E-state index >= 15 is 0 Å². The van der Waals surface area contributed by atoms with Crippen molar-refractivity contribution < 1.29 is 37.4 Å². The van der Waals surface area contributed by atoms with Crippen LogP contribution in [0.3, 0.4) is 0 Å². The van der Waals surface area contributed by atoms with Gasteiger partial charge in [-0.2, -0.15) is 8.78 Å². The van der Waals surface area contributed by atoms with Gasteiger partial charge in [0.2, 0.25) is 5.91 Å². The number of esters is 1. The van der Waals surface area contributed by atoms with E-state index in [0.717, 1.165) is 12.5 Å². The van der Waals surface area contributed by atoms with Crippen LogP contribution >= 0.6 is 0 Å². The van der Waals surface area contributed by atoms with Crippen LogP contribution in [0, 0.1) is 0 Å². The Morgan fingerprint density at radius 3 is 2.44 bits per heavy atom. The van der Waals surface area contributed by atoms with Gasteiger partial charge in [0.25, 0.3) is 5.91 Å². The molecule has 0 saturated heterocycles. The molecule has 0 atom stereocenters. The van der Waals surface area contributed by atoms with Crippen LogP contribution in [-0.4, -0.2) is 50.7 Å². The summed E-state index contributed by atoms with van der Waals surface area (Å²) in [6.45, 7) is 0.321. The van der Waals surface area contributed by atoms with E-state index in [4.69, 9.17) is 9.47 Å². The second-order valence-electron chi connectivity index (χ2n) is 5.18. The highest BCUT2D eigenvalue weighted by Crippen LogP contribution is 2.30. The van der Waals surface area contributed by atoms with Crippen molar-refractivity contribution in [2.75, 3.05) is 26.3 Å². The first-order chi connectivity index (χ1) is 12.9. The maximum Gasteiger partial charge on any atom is 0.387 e. The van der Waals surface area contributed by atoms with Gasteiger partial charge in [-0.1, -0.05) is 6.92 Å². The van der Waals surface area contributed by atoms with Crippen molar-refractivity contribution in [2.24, 2.45) is 0 Å². The molecule has 27 heavy (non-hydrogen) atoms. The van der Waals surface area contributed by atoms with Gasteiger partial charge in [0.15, 0.2) is 18.1 Å². The minimum atomic E-state index is -3.04. The molecule has 2 N–H and O–H groups in total. The molecule has 8 nitrogen and oxygen atoms in total. The van der Waals surface area contributed by atoms with Gasteiger partial charge in [-0.3, -0.25) is 9.59 Å². The molecule has 0 unspecified atom stereocenters. The number of benzene rings is 1. The lowest BCUT2D eigenvalue weighted by atomic mass is 10.2. The first-order valence-corrected chi connectivity index (χ1v) is 8.29. The van der Waals surface area contributed by atoms with Gasteiger partial charge in [0, 0.05) is 6.54 Å². The van der Waals surface area contributed by atoms with Crippen LogP contribution in [0.5, 0.6) is 11.5 Å². The second kappa shape index (κ2) is 11.7. The summed E-state index contributed by atoms with van der Waals surface area (Å²) >= 11 is 0. The number of carbonyl (C=O) groups excluding carboxylic acids is 3. The minimum absolute atomic E-state index is 0.00597. The number of halogens is 2. The van der Waals surface area contributed by atoms with Crippen molar-refractivity contribution in [1.29, 1.82) is 0 Å². The lowest BCUT2D eigenvalue weighted by Gasteiger charge is -2.12. The number of alkyl halides is 2. The largest absolute Gasteiger partial charge is 0.490 e. The van der Waals surface area contributed by atoms with Crippen molar-refractivity contribution >= 4 is 17.8 Å². The third-order valence-electron chi connectivity index (χ3n) is 3.05. The zero-order valence-corrected chi connectivity index (χ0v) is 15.1. The predicted octanol–water partition coefficient (Wildman–Crippen LogP) is 1.49. The van der Waals surface area contributed by atoms with Gasteiger partial charge in [-0.25, -0.2) is 4.79 Å². The summed E-state index contributed by atoms with van der Waals surface area (Å²) in [5, 5.41) is 4.88. The van der Waals surface area contributed by atoms with Crippen LogP contribution in [0.2, 0.25) is 0 Å². The Morgan fingerprint density at radius 1 is 1.07 bits per heavy atom. The molecule has 0 fully saturated rings. The molecule has 1 aromatic rings.